The maximum atomic E-state index is 6.62. The molecule has 1 aliphatic heterocycles. The molecule has 0 spiro atoms. The van der Waals surface area contributed by atoms with E-state index >= 15 is 0 Å². The average Bonchev–Trinajstić information content (AvgIpc) is 2.55. The third-order valence-corrected chi connectivity index (χ3v) is 11.2. The van der Waals surface area contributed by atoms with E-state index in [-0.39, 0.29) is 16.4 Å². The van der Waals surface area contributed by atoms with Gasteiger partial charge in [-0.1, -0.05) is 55.4 Å². The van der Waals surface area contributed by atoms with Crippen molar-refractivity contribution in [3.05, 3.63) is 0 Å². The van der Waals surface area contributed by atoms with Crippen molar-refractivity contribution in [3.63, 3.8) is 0 Å². The molecule has 2 atom stereocenters. The molecule has 18 heavy (non-hydrogen) atoms. The van der Waals surface area contributed by atoms with Crippen LogP contribution in [0.4, 0.5) is 0 Å². The maximum Gasteiger partial charge on any atom is 0.207 e. The largest absolute Gasteiger partial charge is 0.391 e. The lowest BCUT2D eigenvalue weighted by molar-refractivity contribution is -0.0867. The van der Waals surface area contributed by atoms with Gasteiger partial charge in [-0.3, -0.25) is 0 Å². The summed E-state index contributed by atoms with van der Waals surface area (Å²) in [5, 5.41) is 0.483. The van der Waals surface area contributed by atoms with Crippen molar-refractivity contribution in [2.75, 3.05) is 7.11 Å². The molecule has 3 heteroatoms. The number of methoxy groups -OCH3 is 1. The van der Waals surface area contributed by atoms with Crippen LogP contribution in [0.15, 0.2) is 0 Å². The molecule has 0 saturated carbocycles. The number of hydrogen-bond acceptors (Lipinski definition) is 2. The summed E-state index contributed by atoms with van der Waals surface area (Å²) in [5.74, 6) is 1.16. The highest BCUT2D eigenvalue weighted by Crippen LogP contribution is 2.60. The molecule has 0 aromatic heterocycles. The highest BCUT2D eigenvalue weighted by Gasteiger charge is 2.62. The first kappa shape index (κ1) is 16.2. The first-order chi connectivity index (χ1) is 7.96. The Balaban J connectivity index is 3.18. The van der Waals surface area contributed by atoms with Gasteiger partial charge in [0.2, 0.25) is 8.32 Å². The van der Waals surface area contributed by atoms with Gasteiger partial charge in [0.1, 0.15) is 6.29 Å². The first-order valence-electron chi connectivity index (χ1n) is 7.17. The van der Waals surface area contributed by atoms with Gasteiger partial charge in [-0.15, -0.1) is 0 Å². The quantitative estimate of drug-likeness (QED) is 0.672. The number of ether oxygens (including phenoxy) is 1. The van der Waals surface area contributed by atoms with E-state index in [4.69, 9.17) is 9.16 Å². The van der Waals surface area contributed by atoms with E-state index in [1.165, 1.54) is 6.04 Å². The van der Waals surface area contributed by atoms with Gasteiger partial charge >= 0.3 is 0 Å². The number of rotatable bonds is 2. The maximum absolute atomic E-state index is 6.62. The van der Waals surface area contributed by atoms with Gasteiger partial charge in [0.05, 0.1) is 0 Å². The van der Waals surface area contributed by atoms with Crippen LogP contribution >= 0.6 is 0 Å². The molecule has 1 unspecified atom stereocenters. The Hall–Kier alpha value is 0.137. The van der Waals surface area contributed by atoms with Gasteiger partial charge in [0.25, 0.3) is 0 Å². The molecule has 1 fully saturated rings. The van der Waals surface area contributed by atoms with Crippen molar-refractivity contribution in [1.29, 1.82) is 0 Å². The summed E-state index contributed by atoms with van der Waals surface area (Å²) in [6.07, 6.45) is -0.00452. The van der Waals surface area contributed by atoms with Crippen LogP contribution in [0.3, 0.4) is 0 Å². The van der Waals surface area contributed by atoms with Crippen LogP contribution in [0.5, 0.6) is 0 Å². The molecule has 2 nitrogen and oxygen atoms in total. The molecule has 1 rings (SSSR count). The van der Waals surface area contributed by atoms with E-state index in [9.17, 15) is 0 Å². The van der Waals surface area contributed by atoms with Crippen LogP contribution in [0.25, 0.3) is 0 Å². The minimum Gasteiger partial charge on any atom is -0.391 e. The van der Waals surface area contributed by atoms with Crippen LogP contribution in [-0.4, -0.2) is 21.7 Å². The van der Waals surface area contributed by atoms with Crippen molar-refractivity contribution in [2.24, 2.45) is 11.8 Å². The van der Waals surface area contributed by atoms with Crippen LogP contribution in [0, 0.1) is 11.8 Å². The SMILES string of the molecule is COC1O[Si](C(C)(C)C)(C(C)(C)C)C[C@@H]1C(C)C. The average molecular weight is 273 g/mol. The minimum absolute atomic E-state index is 0.00452. The second kappa shape index (κ2) is 4.91. The molecule has 1 saturated heterocycles. The molecule has 0 aromatic carbocycles. The van der Waals surface area contributed by atoms with Crippen molar-refractivity contribution < 1.29 is 9.16 Å². The lowest BCUT2D eigenvalue weighted by Crippen LogP contribution is -2.52. The Morgan fingerprint density at radius 1 is 1.06 bits per heavy atom. The second-order valence-corrected chi connectivity index (χ2v) is 13.5. The zero-order valence-corrected chi connectivity index (χ0v) is 14.8. The molecule has 0 bridgehead atoms. The summed E-state index contributed by atoms with van der Waals surface area (Å²) >= 11 is 0. The molecule has 1 heterocycles. The predicted molar refractivity (Wildman–Crippen MR) is 80.2 cm³/mol. The predicted octanol–water partition coefficient (Wildman–Crippen LogP) is 4.81. The molecule has 108 valence electrons. The number of hydrogen-bond donors (Lipinski definition) is 0. The Kier molecular flexibility index (Phi) is 4.42. The summed E-state index contributed by atoms with van der Waals surface area (Å²) in [7, 11) is -0.0829. The second-order valence-electron chi connectivity index (χ2n) is 8.16. The molecule has 0 N–H and O–H groups in total. The molecular formula is C15H32O2Si. The summed E-state index contributed by atoms with van der Waals surface area (Å²) < 4.78 is 12.3. The lowest BCUT2D eigenvalue weighted by atomic mass is 9.97. The van der Waals surface area contributed by atoms with E-state index in [1.807, 2.05) is 0 Å². The lowest BCUT2D eigenvalue weighted by Gasteiger charge is -2.48. The Bertz CT molecular complexity index is 272. The Morgan fingerprint density at radius 3 is 1.72 bits per heavy atom. The highest BCUT2D eigenvalue weighted by molar-refractivity contribution is 6.80. The van der Waals surface area contributed by atoms with Gasteiger partial charge in [0.15, 0.2) is 0 Å². The standard InChI is InChI=1S/C15H32O2Si/c1-11(2)12-10-18(14(3,4)5,15(6,7)8)17-13(12)16-9/h11-13H,10H2,1-9H3/t12-,13?/m1/s1. The van der Waals surface area contributed by atoms with E-state index < -0.39 is 8.32 Å². The summed E-state index contributed by atoms with van der Waals surface area (Å²) in [4.78, 5) is 0. The molecule has 1 aliphatic rings. The van der Waals surface area contributed by atoms with E-state index in [0.29, 0.717) is 11.8 Å². The Morgan fingerprint density at radius 2 is 1.50 bits per heavy atom. The van der Waals surface area contributed by atoms with E-state index in [1.54, 1.807) is 7.11 Å². The molecule has 0 aliphatic carbocycles. The zero-order chi connectivity index (χ0) is 14.4. The van der Waals surface area contributed by atoms with Gasteiger partial charge in [-0.2, -0.15) is 0 Å². The highest BCUT2D eigenvalue weighted by atomic mass is 28.4. The third-order valence-electron chi connectivity index (χ3n) is 4.70. The van der Waals surface area contributed by atoms with Gasteiger partial charge in [0, 0.05) is 13.0 Å². The van der Waals surface area contributed by atoms with Crippen LogP contribution in [-0.2, 0) is 9.16 Å². The molecule has 0 radical (unpaired) electrons. The summed E-state index contributed by atoms with van der Waals surface area (Å²) in [5.41, 5.74) is 0. The molecule has 0 aromatic rings. The summed E-state index contributed by atoms with van der Waals surface area (Å²) in [6, 6.07) is 1.22. The normalized spacial score (nSPS) is 29.0. The van der Waals surface area contributed by atoms with E-state index in [2.05, 4.69) is 55.4 Å². The fraction of sp³-hybridized carbons (Fsp3) is 1.00. The van der Waals surface area contributed by atoms with Crippen molar-refractivity contribution >= 4 is 8.32 Å². The third kappa shape index (κ3) is 2.54. The van der Waals surface area contributed by atoms with Gasteiger partial charge in [-0.25, -0.2) is 0 Å². The fourth-order valence-electron chi connectivity index (χ4n) is 3.63. The van der Waals surface area contributed by atoms with Crippen molar-refractivity contribution in [3.8, 4) is 0 Å². The Labute approximate surface area is 115 Å². The van der Waals surface area contributed by atoms with E-state index in [0.717, 1.165) is 0 Å². The van der Waals surface area contributed by atoms with Gasteiger partial charge < -0.3 is 9.16 Å². The van der Waals surface area contributed by atoms with Gasteiger partial charge in [-0.05, 0) is 22.0 Å². The van der Waals surface area contributed by atoms with Crippen LogP contribution < -0.4 is 0 Å². The van der Waals surface area contributed by atoms with Crippen LogP contribution in [0.1, 0.15) is 55.4 Å². The molecule has 0 amide bonds. The monoisotopic (exact) mass is 272 g/mol. The fourth-order valence-corrected chi connectivity index (χ4v) is 9.90. The van der Waals surface area contributed by atoms with Crippen molar-refractivity contribution in [1.82, 2.24) is 0 Å². The minimum atomic E-state index is -1.87. The van der Waals surface area contributed by atoms with Crippen LogP contribution in [0.2, 0.25) is 16.1 Å². The smallest absolute Gasteiger partial charge is 0.207 e. The summed E-state index contributed by atoms with van der Waals surface area (Å²) in [6.45, 7) is 18.7. The first-order valence-corrected chi connectivity index (χ1v) is 9.28. The van der Waals surface area contributed by atoms with Crippen molar-refractivity contribution in [2.45, 2.75) is 77.8 Å². The topological polar surface area (TPSA) is 18.5 Å². The molecular weight excluding hydrogens is 240 g/mol. The zero-order valence-electron chi connectivity index (χ0n) is 13.8.